The highest BCUT2D eigenvalue weighted by Crippen LogP contribution is 2.30. The second-order valence-corrected chi connectivity index (χ2v) is 6.94. The summed E-state index contributed by atoms with van der Waals surface area (Å²) in [6.45, 7) is 6.38. The lowest BCUT2D eigenvalue weighted by Crippen LogP contribution is -2.42. The van der Waals surface area contributed by atoms with E-state index < -0.39 is 0 Å². The SMILES string of the molecule is CCn1c(C)nnc1SC1CCCN(Cc2ccccc2)C1=O. The molecule has 1 unspecified atom stereocenters. The van der Waals surface area contributed by atoms with E-state index in [-0.39, 0.29) is 11.2 Å². The molecule has 0 radical (unpaired) electrons. The van der Waals surface area contributed by atoms with Gasteiger partial charge in [-0.3, -0.25) is 4.79 Å². The molecule has 1 aromatic heterocycles. The summed E-state index contributed by atoms with van der Waals surface area (Å²) < 4.78 is 2.06. The molecular formula is C17H22N4OS. The van der Waals surface area contributed by atoms with Crippen LogP contribution in [-0.2, 0) is 17.9 Å². The number of carbonyl (C=O) groups excluding carboxylic acids is 1. The van der Waals surface area contributed by atoms with Crippen LogP contribution in [0.15, 0.2) is 35.5 Å². The van der Waals surface area contributed by atoms with Crippen molar-refractivity contribution in [2.24, 2.45) is 0 Å². The first-order chi connectivity index (χ1) is 11.2. The number of hydrogen-bond donors (Lipinski definition) is 0. The Bertz CT molecular complexity index is 670. The van der Waals surface area contributed by atoms with Gasteiger partial charge in [-0.05, 0) is 32.3 Å². The summed E-state index contributed by atoms with van der Waals surface area (Å²) in [7, 11) is 0. The molecule has 23 heavy (non-hydrogen) atoms. The number of carbonyl (C=O) groups is 1. The Balaban J connectivity index is 1.70. The van der Waals surface area contributed by atoms with Crippen LogP contribution in [0.25, 0.3) is 0 Å². The minimum Gasteiger partial charge on any atom is -0.337 e. The summed E-state index contributed by atoms with van der Waals surface area (Å²) in [5, 5.41) is 9.16. The van der Waals surface area contributed by atoms with Crippen LogP contribution in [0.1, 0.15) is 31.2 Å². The Morgan fingerprint density at radius 1 is 1.26 bits per heavy atom. The van der Waals surface area contributed by atoms with Crippen LogP contribution < -0.4 is 0 Å². The number of likely N-dealkylation sites (tertiary alicyclic amines) is 1. The number of nitrogens with zero attached hydrogens (tertiary/aromatic N) is 4. The summed E-state index contributed by atoms with van der Waals surface area (Å²) >= 11 is 1.56. The number of thioether (sulfide) groups is 1. The summed E-state index contributed by atoms with van der Waals surface area (Å²) in [6.07, 6.45) is 1.94. The minimum atomic E-state index is -0.0543. The lowest BCUT2D eigenvalue weighted by Gasteiger charge is -2.31. The van der Waals surface area contributed by atoms with E-state index in [0.717, 1.165) is 36.9 Å². The van der Waals surface area contributed by atoms with E-state index in [1.165, 1.54) is 5.56 Å². The quantitative estimate of drug-likeness (QED) is 0.846. The first kappa shape index (κ1) is 16.1. The van der Waals surface area contributed by atoms with Crippen molar-refractivity contribution >= 4 is 17.7 Å². The molecule has 122 valence electrons. The zero-order chi connectivity index (χ0) is 16.2. The predicted molar refractivity (Wildman–Crippen MR) is 91.2 cm³/mol. The Labute approximate surface area is 141 Å². The lowest BCUT2D eigenvalue weighted by atomic mass is 10.1. The minimum absolute atomic E-state index is 0.0543. The number of aromatic nitrogens is 3. The second kappa shape index (κ2) is 7.17. The van der Waals surface area contributed by atoms with Crippen molar-refractivity contribution in [3.05, 3.63) is 41.7 Å². The molecule has 5 nitrogen and oxygen atoms in total. The van der Waals surface area contributed by atoms with Crippen molar-refractivity contribution in [2.75, 3.05) is 6.54 Å². The van der Waals surface area contributed by atoms with Gasteiger partial charge in [-0.2, -0.15) is 0 Å². The fraction of sp³-hybridized carbons (Fsp3) is 0.471. The van der Waals surface area contributed by atoms with E-state index in [2.05, 4.69) is 33.8 Å². The van der Waals surface area contributed by atoms with E-state index >= 15 is 0 Å². The second-order valence-electron chi connectivity index (χ2n) is 5.77. The van der Waals surface area contributed by atoms with Gasteiger partial charge in [-0.15, -0.1) is 10.2 Å². The van der Waals surface area contributed by atoms with E-state index in [1.54, 1.807) is 11.8 Å². The van der Waals surface area contributed by atoms with Gasteiger partial charge < -0.3 is 9.47 Å². The number of aryl methyl sites for hydroxylation is 1. The molecule has 1 atom stereocenters. The molecule has 1 fully saturated rings. The zero-order valence-electron chi connectivity index (χ0n) is 13.6. The zero-order valence-corrected chi connectivity index (χ0v) is 14.4. The number of hydrogen-bond acceptors (Lipinski definition) is 4. The Kier molecular flexibility index (Phi) is 5.00. The van der Waals surface area contributed by atoms with Gasteiger partial charge in [0.15, 0.2) is 5.16 Å². The number of rotatable bonds is 5. The van der Waals surface area contributed by atoms with Gasteiger partial charge in [0.2, 0.25) is 5.91 Å². The molecule has 2 heterocycles. The van der Waals surface area contributed by atoms with Gasteiger partial charge >= 0.3 is 0 Å². The molecule has 3 rings (SSSR count). The molecule has 6 heteroatoms. The van der Waals surface area contributed by atoms with Crippen LogP contribution in [0.5, 0.6) is 0 Å². The van der Waals surface area contributed by atoms with Crippen molar-refractivity contribution in [1.29, 1.82) is 0 Å². The maximum Gasteiger partial charge on any atom is 0.236 e. The lowest BCUT2D eigenvalue weighted by molar-refractivity contribution is -0.133. The molecule has 1 saturated heterocycles. The molecule has 0 spiro atoms. The number of benzene rings is 1. The Morgan fingerprint density at radius 3 is 2.78 bits per heavy atom. The van der Waals surface area contributed by atoms with Gasteiger partial charge in [0.25, 0.3) is 0 Å². The molecule has 1 aliphatic heterocycles. The van der Waals surface area contributed by atoms with Crippen LogP contribution in [0.4, 0.5) is 0 Å². The van der Waals surface area contributed by atoms with Crippen molar-refractivity contribution in [3.63, 3.8) is 0 Å². The van der Waals surface area contributed by atoms with Gasteiger partial charge in [0.05, 0.1) is 5.25 Å². The number of piperidine rings is 1. The third-order valence-corrected chi connectivity index (χ3v) is 5.40. The van der Waals surface area contributed by atoms with Crippen molar-refractivity contribution < 1.29 is 4.79 Å². The van der Waals surface area contributed by atoms with E-state index in [9.17, 15) is 4.79 Å². The van der Waals surface area contributed by atoms with Gasteiger partial charge in [-0.1, -0.05) is 42.1 Å². The maximum atomic E-state index is 12.8. The highest BCUT2D eigenvalue weighted by molar-refractivity contribution is 8.00. The predicted octanol–water partition coefficient (Wildman–Crippen LogP) is 2.89. The first-order valence-corrected chi connectivity index (χ1v) is 8.96. The highest BCUT2D eigenvalue weighted by Gasteiger charge is 2.31. The third-order valence-electron chi connectivity index (χ3n) is 4.16. The first-order valence-electron chi connectivity index (χ1n) is 8.08. The Morgan fingerprint density at radius 2 is 2.04 bits per heavy atom. The van der Waals surface area contributed by atoms with E-state index in [0.29, 0.717) is 6.54 Å². The summed E-state index contributed by atoms with van der Waals surface area (Å²) in [4.78, 5) is 14.8. The normalized spacial score (nSPS) is 18.4. The fourth-order valence-electron chi connectivity index (χ4n) is 2.91. The van der Waals surface area contributed by atoms with Crippen LogP contribution in [0.3, 0.4) is 0 Å². The molecule has 1 aromatic carbocycles. The molecule has 2 aromatic rings. The van der Waals surface area contributed by atoms with Crippen molar-refractivity contribution in [3.8, 4) is 0 Å². The van der Waals surface area contributed by atoms with Crippen LogP contribution in [0.2, 0.25) is 0 Å². The van der Waals surface area contributed by atoms with Gasteiger partial charge in [-0.25, -0.2) is 0 Å². The van der Waals surface area contributed by atoms with E-state index in [4.69, 9.17) is 0 Å². The molecule has 0 bridgehead atoms. The molecule has 0 aliphatic carbocycles. The van der Waals surface area contributed by atoms with Gasteiger partial charge in [0.1, 0.15) is 5.82 Å². The maximum absolute atomic E-state index is 12.8. The third kappa shape index (κ3) is 3.58. The van der Waals surface area contributed by atoms with Crippen LogP contribution in [0, 0.1) is 6.92 Å². The average Bonchev–Trinajstić information content (AvgIpc) is 2.92. The molecule has 0 saturated carbocycles. The van der Waals surface area contributed by atoms with Crippen LogP contribution in [-0.4, -0.2) is 37.4 Å². The monoisotopic (exact) mass is 330 g/mol. The molecule has 0 N–H and O–H groups in total. The smallest absolute Gasteiger partial charge is 0.236 e. The molecule has 1 amide bonds. The topological polar surface area (TPSA) is 51.0 Å². The van der Waals surface area contributed by atoms with Crippen molar-refractivity contribution in [2.45, 2.75) is 50.2 Å². The Hall–Kier alpha value is -1.82. The standard InChI is InChI=1S/C17H22N4OS/c1-3-21-13(2)18-19-17(21)23-15-10-7-11-20(16(15)22)12-14-8-5-4-6-9-14/h4-6,8-9,15H,3,7,10-12H2,1-2H3. The largest absolute Gasteiger partial charge is 0.337 e. The highest BCUT2D eigenvalue weighted by atomic mass is 32.2. The van der Waals surface area contributed by atoms with Crippen molar-refractivity contribution in [1.82, 2.24) is 19.7 Å². The summed E-state index contributed by atoms with van der Waals surface area (Å²) in [6, 6.07) is 10.2. The van der Waals surface area contributed by atoms with Gasteiger partial charge in [0, 0.05) is 19.6 Å². The summed E-state index contributed by atoms with van der Waals surface area (Å²) in [5.41, 5.74) is 1.18. The van der Waals surface area contributed by atoms with Crippen LogP contribution >= 0.6 is 11.8 Å². The molecular weight excluding hydrogens is 308 g/mol. The molecule has 1 aliphatic rings. The average molecular weight is 330 g/mol. The fourth-order valence-corrected chi connectivity index (χ4v) is 4.18. The summed E-state index contributed by atoms with van der Waals surface area (Å²) in [5.74, 6) is 1.12. The van der Waals surface area contributed by atoms with E-state index in [1.807, 2.05) is 30.0 Å². The number of amides is 1.